The summed E-state index contributed by atoms with van der Waals surface area (Å²) >= 11 is 3.32. The lowest BCUT2D eigenvalue weighted by Crippen LogP contribution is -2.28. The highest BCUT2D eigenvalue weighted by molar-refractivity contribution is 9.10. The molecule has 0 atom stereocenters. The molecule has 7 nitrogen and oxygen atoms in total. The van der Waals surface area contributed by atoms with Crippen LogP contribution in [0.2, 0.25) is 0 Å². The number of benzene rings is 1. The summed E-state index contributed by atoms with van der Waals surface area (Å²) in [6.45, 7) is 0. The summed E-state index contributed by atoms with van der Waals surface area (Å²) in [6, 6.07) is 10.7. The Balaban J connectivity index is 2.16. The molecule has 0 aliphatic rings. The molecule has 0 fully saturated rings. The number of halogens is 1. The van der Waals surface area contributed by atoms with Gasteiger partial charge in [-0.15, -0.1) is 0 Å². The van der Waals surface area contributed by atoms with Crippen LogP contribution < -0.4 is 11.3 Å². The van der Waals surface area contributed by atoms with Crippen LogP contribution in [0.15, 0.2) is 58.2 Å². The number of carbonyl (C=O) groups excluding carboxylic acids is 1. The van der Waals surface area contributed by atoms with Crippen molar-refractivity contribution in [3.63, 3.8) is 0 Å². The Morgan fingerprint density at radius 1 is 1.19 bits per heavy atom. The van der Waals surface area contributed by atoms with E-state index in [0.29, 0.717) is 21.3 Å². The molecule has 1 aromatic carbocycles. The maximum absolute atomic E-state index is 13.2. The lowest BCUT2D eigenvalue weighted by molar-refractivity contribution is 0.0600. The van der Waals surface area contributed by atoms with Crippen LogP contribution in [0.3, 0.4) is 0 Å². The van der Waals surface area contributed by atoms with Gasteiger partial charge in [0.15, 0.2) is 5.65 Å². The molecule has 4 aromatic rings. The summed E-state index contributed by atoms with van der Waals surface area (Å²) in [5.74, 6) is -0.793. The van der Waals surface area contributed by atoms with Gasteiger partial charge in [-0.25, -0.2) is 9.78 Å². The Bertz CT molecular complexity index is 1280. The Morgan fingerprint density at radius 2 is 2.00 bits per heavy atom. The minimum atomic E-state index is -0.793. The van der Waals surface area contributed by atoms with E-state index in [2.05, 4.69) is 25.9 Å². The van der Waals surface area contributed by atoms with Gasteiger partial charge in [0, 0.05) is 23.2 Å². The van der Waals surface area contributed by atoms with Crippen molar-refractivity contribution in [1.82, 2.24) is 14.5 Å². The highest BCUT2D eigenvalue weighted by Gasteiger charge is 2.23. The van der Waals surface area contributed by atoms with E-state index in [1.807, 2.05) is 18.2 Å². The molecule has 0 saturated carbocycles. The molecular weight excluding hydrogens is 412 g/mol. The molecule has 0 radical (unpaired) electrons. The van der Waals surface area contributed by atoms with Crippen molar-refractivity contribution in [3.8, 4) is 5.69 Å². The maximum Gasteiger partial charge on any atom is 0.345 e. The third kappa shape index (κ3) is 2.74. The van der Waals surface area contributed by atoms with E-state index in [9.17, 15) is 9.59 Å². The van der Waals surface area contributed by atoms with Gasteiger partial charge in [-0.3, -0.25) is 14.3 Å². The van der Waals surface area contributed by atoms with E-state index in [0.717, 1.165) is 10.8 Å². The third-order valence-corrected chi connectivity index (χ3v) is 4.74. The number of aromatic nitrogens is 3. The normalized spacial score (nSPS) is 11.0. The van der Waals surface area contributed by atoms with Crippen molar-refractivity contribution in [2.24, 2.45) is 0 Å². The Labute approximate surface area is 161 Å². The highest BCUT2D eigenvalue weighted by Crippen LogP contribution is 2.26. The van der Waals surface area contributed by atoms with Gasteiger partial charge >= 0.3 is 5.97 Å². The van der Waals surface area contributed by atoms with E-state index in [1.165, 1.54) is 11.7 Å². The molecule has 0 amide bonds. The van der Waals surface area contributed by atoms with Gasteiger partial charge in [0.25, 0.3) is 5.56 Å². The van der Waals surface area contributed by atoms with Crippen LogP contribution in [-0.4, -0.2) is 27.6 Å². The van der Waals surface area contributed by atoms with Crippen LogP contribution in [0.4, 0.5) is 5.69 Å². The molecular formula is C19H13BrN4O3. The van der Waals surface area contributed by atoms with Crippen molar-refractivity contribution >= 4 is 49.4 Å². The molecule has 0 saturated heterocycles. The molecule has 2 N–H and O–H groups in total. The average molecular weight is 425 g/mol. The number of pyridine rings is 3. The van der Waals surface area contributed by atoms with Crippen LogP contribution in [0, 0.1) is 0 Å². The zero-order valence-corrected chi connectivity index (χ0v) is 15.7. The van der Waals surface area contributed by atoms with Crippen molar-refractivity contribution < 1.29 is 9.53 Å². The van der Waals surface area contributed by atoms with Crippen LogP contribution in [-0.2, 0) is 4.74 Å². The second kappa shape index (κ2) is 6.48. The first kappa shape index (κ1) is 17.2. The number of hydrogen-bond donors (Lipinski definition) is 1. The highest BCUT2D eigenvalue weighted by atomic mass is 79.9. The predicted octanol–water partition coefficient (Wildman–Crippen LogP) is 3.07. The Morgan fingerprint density at radius 3 is 2.78 bits per heavy atom. The fourth-order valence-electron chi connectivity index (χ4n) is 3.01. The molecule has 3 aromatic heterocycles. The lowest BCUT2D eigenvalue weighted by atomic mass is 10.1. The quantitative estimate of drug-likeness (QED) is 0.392. The SMILES string of the molecule is COC(=O)c1c(N)c2ccc(Br)nc2n(-c2ccc3ccncc3c2)c1=O. The number of methoxy groups -OCH3 is 1. The van der Waals surface area contributed by atoms with E-state index < -0.39 is 11.5 Å². The molecule has 134 valence electrons. The smallest absolute Gasteiger partial charge is 0.345 e. The molecule has 0 spiro atoms. The predicted molar refractivity (Wildman–Crippen MR) is 106 cm³/mol. The lowest BCUT2D eigenvalue weighted by Gasteiger charge is -2.15. The van der Waals surface area contributed by atoms with Crippen LogP contribution in [0.25, 0.3) is 27.5 Å². The second-order valence-electron chi connectivity index (χ2n) is 5.83. The number of hydrogen-bond acceptors (Lipinski definition) is 6. The van der Waals surface area contributed by atoms with Gasteiger partial charge in [0.1, 0.15) is 10.2 Å². The fourth-order valence-corrected chi connectivity index (χ4v) is 3.31. The molecule has 0 aliphatic heterocycles. The summed E-state index contributed by atoms with van der Waals surface area (Å²) in [5, 5.41) is 2.30. The summed E-state index contributed by atoms with van der Waals surface area (Å²) in [4.78, 5) is 33.9. The van der Waals surface area contributed by atoms with E-state index in [1.54, 1.807) is 30.6 Å². The van der Waals surface area contributed by atoms with Crippen molar-refractivity contribution in [2.75, 3.05) is 12.8 Å². The van der Waals surface area contributed by atoms with Gasteiger partial charge in [0.05, 0.1) is 18.5 Å². The first-order valence-corrected chi connectivity index (χ1v) is 8.74. The molecule has 3 heterocycles. The van der Waals surface area contributed by atoms with Crippen LogP contribution in [0.5, 0.6) is 0 Å². The Kier molecular flexibility index (Phi) is 4.12. The number of nitrogen functional groups attached to an aromatic ring is 1. The van der Waals surface area contributed by atoms with E-state index in [-0.39, 0.29) is 11.3 Å². The third-order valence-electron chi connectivity index (χ3n) is 4.30. The minimum Gasteiger partial charge on any atom is -0.465 e. The largest absolute Gasteiger partial charge is 0.465 e. The van der Waals surface area contributed by atoms with Gasteiger partial charge in [0.2, 0.25) is 0 Å². The second-order valence-corrected chi connectivity index (χ2v) is 6.65. The van der Waals surface area contributed by atoms with Gasteiger partial charge < -0.3 is 10.5 Å². The van der Waals surface area contributed by atoms with Crippen molar-refractivity contribution in [1.29, 1.82) is 0 Å². The zero-order valence-electron chi connectivity index (χ0n) is 14.1. The molecule has 0 aliphatic carbocycles. The average Bonchev–Trinajstić information content (AvgIpc) is 2.67. The summed E-state index contributed by atoms with van der Waals surface area (Å²) in [5.41, 5.74) is 6.21. The zero-order chi connectivity index (χ0) is 19.1. The van der Waals surface area contributed by atoms with Gasteiger partial charge in [-0.05, 0) is 51.6 Å². The number of rotatable bonds is 2. The first-order chi connectivity index (χ1) is 13.0. The molecule has 0 unspecified atom stereocenters. The number of anilines is 1. The number of fused-ring (bicyclic) bond motifs is 2. The monoisotopic (exact) mass is 424 g/mol. The number of nitrogens with zero attached hydrogens (tertiary/aromatic N) is 3. The molecule has 0 bridgehead atoms. The number of esters is 1. The number of carbonyl (C=O) groups is 1. The van der Waals surface area contributed by atoms with E-state index >= 15 is 0 Å². The van der Waals surface area contributed by atoms with Gasteiger partial charge in [-0.1, -0.05) is 6.07 Å². The number of ether oxygens (including phenoxy) is 1. The number of nitrogens with two attached hydrogens (primary N) is 1. The summed E-state index contributed by atoms with van der Waals surface area (Å²) in [6.07, 6.45) is 3.40. The van der Waals surface area contributed by atoms with Crippen molar-refractivity contribution in [2.45, 2.75) is 0 Å². The van der Waals surface area contributed by atoms with Crippen molar-refractivity contribution in [3.05, 3.63) is 69.3 Å². The topological polar surface area (TPSA) is 100 Å². The van der Waals surface area contributed by atoms with Gasteiger partial charge in [-0.2, -0.15) is 0 Å². The van der Waals surface area contributed by atoms with E-state index in [4.69, 9.17) is 10.5 Å². The minimum absolute atomic E-state index is 0.0422. The fraction of sp³-hybridized carbons (Fsp3) is 0.0526. The summed E-state index contributed by atoms with van der Waals surface area (Å²) in [7, 11) is 1.21. The molecule has 8 heteroatoms. The first-order valence-electron chi connectivity index (χ1n) is 7.94. The molecule has 4 rings (SSSR count). The summed E-state index contributed by atoms with van der Waals surface area (Å²) < 4.78 is 6.65. The standard InChI is InChI=1S/C19H13BrN4O3/c1-27-19(26)15-16(21)13-4-5-14(20)23-17(13)24(18(15)25)12-3-2-10-6-7-22-9-11(10)8-12/h2-9H,21H2,1H3. The molecule has 27 heavy (non-hydrogen) atoms. The van der Waals surface area contributed by atoms with Crippen LogP contribution >= 0.6 is 15.9 Å². The Hall–Kier alpha value is -3.26. The maximum atomic E-state index is 13.2. The van der Waals surface area contributed by atoms with Crippen LogP contribution in [0.1, 0.15) is 10.4 Å².